The number of aryl methyl sites for hydroxylation is 1. The maximum atomic E-state index is 11.2. The first kappa shape index (κ1) is 13.4. The van der Waals surface area contributed by atoms with Gasteiger partial charge in [-0.15, -0.1) is 0 Å². The number of benzene rings is 1. The molecule has 0 aliphatic heterocycles. The molecule has 4 heteroatoms. The molecule has 19 heavy (non-hydrogen) atoms. The van der Waals surface area contributed by atoms with Gasteiger partial charge in [0, 0.05) is 17.9 Å². The number of carboxylic acids is 1. The highest BCUT2D eigenvalue weighted by atomic mass is 16.4. The number of aliphatic hydroxyl groups excluding tert-OH is 1. The van der Waals surface area contributed by atoms with Gasteiger partial charge in [0.15, 0.2) is 0 Å². The Kier molecular flexibility index (Phi) is 3.71. The smallest absolute Gasteiger partial charge is 0.337 e. The van der Waals surface area contributed by atoms with Crippen molar-refractivity contribution in [2.75, 3.05) is 6.61 Å². The minimum Gasteiger partial charge on any atom is -0.478 e. The summed E-state index contributed by atoms with van der Waals surface area (Å²) in [5.41, 5.74) is 3.87. The summed E-state index contributed by atoms with van der Waals surface area (Å²) in [6.45, 7) is 4.14. The van der Waals surface area contributed by atoms with Crippen LogP contribution in [0.25, 0.3) is 11.3 Å². The van der Waals surface area contributed by atoms with Crippen LogP contribution in [0.2, 0.25) is 0 Å². The van der Waals surface area contributed by atoms with Crippen LogP contribution in [0.15, 0.2) is 30.3 Å². The van der Waals surface area contributed by atoms with Gasteiger partial charge in [0.2, 0.25) is 0 Å². The van der Waals surface area contributed by atoms with Crippen molar-refractivity contribution in [3.63, 3.8) is 0 Å². The summed E-state index contributed by atoms with van der Waals surface area (Å²) in [7, 11) is 0. The van der Waals surface area contributed by atoms with Gasteiger partial charge in [0.05, 0.1) is 12.2 Å². The van der Waals surface area contributed by atoms with E-state index in [0.29, 0.717) is 12.2 Å². The predicted octanol–water partition coefficient (Wildman–Crippen LogP) is 2.46. The summed E-state index contributed by atoms with van der Waals surface area (Å²) in [5.74, 6) is -0.942. The van der Waals surface area contributed by atoms with Gasteiger partial charge in [-0.25, -0.2) is 4.79 Å². The van der Waals surface area contributed by atoms with Crippen molar-refractivity contribution in [3.05, 3.63) is 47.2 Å². The van der Waals surface area contributed by atoms with Crippen LogP contribution in [0.3, 0.4) is 0 Å². The number of aliphatic hydroxyl groups is 1. The molecule has 1 aromatic heterocycles. The van der Waals surface area contributed by atoms with Crippen molar-refractivity contribution in [3.8, 4) is 11.3 Å². The summed E-state index contributed by atoms with van der Waals surface area (Å²) in [6.07, 6.45) is 0. The Bertz CT molecular complexity index is 597. The van der Waals surface area contributed by atoms with Crippen LogP contribution in [0.4, 0.5) is 0 Å². The third-order valence-corrected chi connectivity index (χ3v) is 3.27. The zero-order valence-electron chi connectivity index (χ0n) is 11.1. The summed E-state index contributed by atoms with van der Waals surface area (Å²) >= 11 is 0. The molecule has 0 amide bonds. The summed E-state index contributed by atoms with van der Waals surface area (Å²) < 4.78 is 1.84. The molecule has 0 unspecified atom stereocenters. The number of carbonyl (C=O) groups is 1. The molecular formula is C15H17NO3. The van der Waals surface area contributed by atoms with Gasteiger partial charge in [-0.2, -0.15) is 0 Å². The molecule has 100 valence electrons. The second kappa shape index (κ2) is 5.28. The Hall–Kier alpha value is -2.07. The lowest BCUT2D eigenvalue weighted by molar-refractivity contribution is 0.0696. The normalized spacial score (nSPS) is 10.7. The third kappa shape index (κ3) is 2.53. The SMILES string of the molecule is Cc1ccc(-c2cc(C(=O)O)c(C)n2CCO)cc1. The first-order chi connectivity index (χ1) is 9.04. The van der Waals surface area contributed by atoms with Crippen LogP contribution >= 0.6 is 0 Å². The monoisotopic (exact) mass is 259 g/mol. The summed E-state index contributed by atoms with van der Waals surface area (Å²) in [4.78, 5) is 11.2. The minimum atomic E-state index is -0.942. The maximum absolute atomic E-state index is 11.2. The van der Waals surface area contributed by atoms with E-state index in [4.69, 9.17) is 5.11 Å². The van der Waals surface area contributed by atoms with Crippen molar-refractivity contribution < 1.29 is 15.0 Å². The second-order valence-electron chi connectivity index (χ2n) is 4.58. The van der Waals surface area contributed by atoms with Gasteiger partial charge < -0.3 is 14.8 Å². The fourth-order valence-corrected chi connectivity index (χ4v) is 2.21. The van der Waals surface area contributed by atoms with E-state index in [1.165, 1.54) is 0 Å². The molecule has 0 spiro atoms. The third-order valence-electron chi connectivity index (χ3n) is 3.27. The second-order valence-corrected chi connectivity index (χ2v) is 4.58. The Morgan fingerprint density at radius 1 is 1.21 bits per heavy atom. The lowest BCUT2D eigenvalue weighted by Gasteiger charge is -2.10. The van der Waals surface area contributed by atoms with E-state index in [-0.39, 0.29) is 12.2 Å². The van der Waals surface area contributed by atoms with Crippen molar-refractivity contribution in [1.29, 1.82) is 0 Å². The fourth-order valence-electron chi connectivity index (χ4n) is 2.21. The van der Waals surface area contributed by atoms with E-state index in [9.17, 15) is 9.90 Å². The van der Waals surface area contributed by atoms with E-state index in [2.05, 4.69) is 0 Å². The minimum absolute atomic E-state index is 0.0204. The Labute approximate surface area is 111 Å². The Morgan fingerprint density at radius 2 is 1.84 bits per heavy atom. The topological polar surface area (TPSA) is 62.5 Å². The van der Waals surface area contributed by atoms with Crippen LogP contribution in [-0.4, -0.2) is 27.4 Å². The molecule has 2 rings (SSSR count). The molecule has 1 heterocycles. The Balaban J connectivity index is 2.58. The van der Waals surface area contributed by atoms with E-state index < -0.39 is 5.97 Å². The highest BCUT2D eigenvalue weighted by Gasteiger charge is 2.17. The summed E-state index contributed by atoms with van der Waals surface area (Å²) in [5, 5.41) is 18.3. The van der Waals surface area contributed by atoms with Crippen LogP contribution in [-0.2, 0) is 6.54 Å². The standard InChI is InChI=1S/C15H17NO3/c1-10-3-5-12(6-4-10)14-9-13(15(18)19)11(2)16(14)7-8-17/h3-6,9,17H,7-8H2,1-2H3,(H,18,19). The summed E-state index contributed by atoms with van der Waals surface area (Å²) in [6, 6.07) is 9.56. The van der Waals surface area contributed by atoms with E-state index in [0.717, 1.165) is 16.8 Å². The number of hydrogen-bond acceptors (Lipinski definition) is 2. The molecule has 4 nitrogen and oxygen atoms in total. The highest BCUT2D eigenvalue weighted by Crippen LogP contribution is 2.26. The largest absolute Gasteiger partial charge is 0.478 e. The van der Waals surface area contributed by atoms with Crippen LogP contribution in [0.1, 0.15) is 21.6 Å². The highest BCUT2D eigenvalue weighted by molar-refractivity contribution is 5.91. The zero-order valence-corrected chi connectivity index (χ0v) is 11.1. The van der Waals surface area contributed by atoms with Crippen molar-refractivity contribution >= 4 is 5.97 Å². The van der Waals surface area contributed by atoms with Gasteiger partial charge in [-0.1, -0.05) is 29.8 Å². The lowest BCUT2D eigenvalue weighted by atomic mass is 10.1. The van der Waals surface area contributed by atoms with Crippen molar-refractivity contribution in [2.45, 2.75) is 20.4 Å². The number of carboxylic acid groups (broad SMARTS) is 1. The Morgan fingerprint density at radius 3 is 2.37 bits per heavy atom. The van der Waals surface area contributed by atoms with Crippen LogP contribution in [0.5, 0.6) is 0 Å². The molecule has 0 bridgehead atoms. The average molecular weight is 259 g/mol. The van der Waals surface area contributed by atoms with E-state index in [1.54, 1.807) is 13.0 Å². The predicted molar refractivity (Wildman–Crippen MR) is 73.4 cm³/mol. The molecule has 0 saturated heterocycles. The van der Waals surface area contributed by atoms with Crippen molar-refractivity contribution in [1.82, 2.24) is 4.57 Å². The number of rotatable bonds is 4. The molecule has 0 atom stereocenters. The number of hydrogen-bond donors (Lipinski definition) is 2. The van der Waals surface area contributed by atoms with Crippen molar-refractivity contribution in [2.24, 2.45) is 0 Å². The molecular weight excluding hydrogens is 242 g/mol. The number of aromatic nitrogens is 1. The van der Waals surface area contributed by atoms with Crippen LogP contribution < -0.4 is 0 Å². The average Bonchev–Trinajstić information content (AvgIpc) is 2.69. The fraction of sp³-hybridized carbons (Fsp3) is 0.267. The molecule has 2 N–H and O–H groups in total. The van der Waals surface area contributed by atoms with Gasteiger partial charge in [0.25, 0.3) is 0 Å². The first-order valence-electron chi connectivity index (χ1n) is 6.16. The van der Waals surface area contributed by atoms with Gasteiger partial charge in [-0.05, 0) is 25.5 Å². The lowest BCUT2D eigenvalue weighted by Crippen LogP contribution is -2.07. The van der Waals surface area contributed by atoms with E-state index >= 15 is 0 Å². The van der Waals surface area contributed by atoms with Crippen LogP contribution in [0, 0.1) is 13.8 Å². The molecule has 0 saturated carbocycles. The first-order valence-corrected chi connectivity index (χ1v) is 6.16. The zero-order chi connectivity index (χ0) is 14.0. The maximum Gasteiger partial charge on any atom is 0.337 e. The molecule has 0 fully saturated rings. The van der Waals surface area contributed by atoms with Gasteiger partial charge >= 0.3 is 5.97 Å². The molecule has 2 aromatic rings. The molecule has 0 aliphatic rings. The quantitative estimate of drug-likeness (QED) is 0.886. The van der Waals surface area contributed by atoms with Gasteiger partial charge in [-0.3, -0.25) is 0 Å². The van der Waals surface area contributed by atoms with E-state index in [1.807, 2.05) is 35.8 Å². The molecule has 0 aliphatic carbocycles. The molecule has 1 aromatic carbocycles. The molecule has 0 radical (unpaired) electrons. The number of aromatic carboxylic acids is 1. The van der Waals surface area contributed by atoms with Gasteiger partial charge in [0.1, 0.15) is 0 Å². The number of nitrogens with zero attached hydrogens (tertiary/aromatic N) is 1.